The van der Waals surface area contributed by atoms with E-state index < -0.39 is 0 Å². The van der Waals surface area contributed by atoms with E-state index in [0.29, 0.717) is 35.4 Å². The van der Waals surface area contributed by atoms with Gasteiger partial charge in [-0.05, 0) is 83.1 Å². The number of carbonyl (C=O) groups is 3. The van der Waals surface area contributed by atoms with E-state index in [9.17, 15) is 14.4 Å². The topological polar surface area (TPSA) is 104 Å². The largest absolute Gasteiger partial charge is 0.352 e. The summed E-state index contributed by atoms with van der Waals surface area (Å²) in [5.74, 6) is -0.0260. The quantitative estimate of drug-likeness (QED) is 0.103. The monoisotopic (exact) mass is 629 g/mol. The summed E-state index contributed by atoms with van der Waals surface area (Å²) in [7, 11) is 4.10. The van der Waals surface area contributed by atoms with E-state index in [1.165, 1.54) is 41.3 Å². The van der Waals surface area contributed by atoms with E-state index >= 15 is 0 Å². The Labute approximate surface area is 272 Å². The SMILES string of the molecule is CC(=O)c1cc(C=O)cc(C(=O)NCCCNCc2cncc(C(C)C)c2)c1.Cc1ccccc1.Cc1csc(CN(C)C)n1. The van der Waals surface area contributed by atoms with E-state index in [1.807, 2.05) is 37.5 Å². The highest BCUT2D eigenvalue weighted by molar-refractivity contribution is 7.09. The minimum absolute atomic E-state index is 0.182. The van der Waals surface area contributed by atoms with Gasteiger partial charge in [-0.25, -0.2) is 4.98 Å². The number of aryl methyl sites for hydroxylation is 2. The minimum atomic E-state index is -0.292. The smallest absolute Gasteiger partial charge is 0.251 e. The lowest BCUT2D eigenvalue weighted by Crippen LogP contribution is -2.27. The lowest BCUT2D eigenvalue weighted by atomic mass is 10.0. The van der Waals surface area contributed by atoms with Gasteiger partial charge in [-0.2, -0.15) is 0 Å². The number of Topliss-reactive ketones (excluding diaryl/α,β-unsaturated/α-hetero) is 1. The van der Waals surface area contributed by atoms with E-state index in [0.717, 1.165) is 37.3 Å². The molecule has 0 radical (unpaired) electrons. The number of carbonyl (C=O) groups excluding carboxylic acids is 3. The molecule has 0 atom stereocenters. The van der Waals surface area contributed by atoms with Crippen LogP contribution in [0.2, 0.25) is 0 Å². The normalized spacial score (nSPS) is 10.4. The van der Waals surface area contributed by atoms with Crippen LogP contribution in [0.4, 0.5) is 0 Å². The highest BCUT2D eigenvalue weighted by Crippen LogP contribution is 2.14. The molecule has 240 valence electrons. The predicted molar refractivity (Wildman–Crippen MR) is 184 cm³/mol. The summed E-state index contributed by atoms with van der Waals surface area (Å²) in [6.07, 6.45) is 5.14. The number of thiazole rings is 1. The van der Waals surface area contributed by atoms with E-state index in [2.05, 4.69) is 83.9 Å². The first kappa shape index (κ1) is 37.1. The molecule has 2 N–H and O–H groups in total. The number of aldehydes is 1. The Bertz CT molecular complexity index is 1490. The molecule has 2 aromatic heterocycles. The van der Waals surface area contributed by atoms with Gasteiger partial charge in [0.25, 0.3) is 5.91 Å². The molecule has 0 fully saturated rings. The van der Waals surface area contributed by atoms with Gasteiger partial charge in [0.05, 0.1) is 0 Å². The van der Waals surface area contributed by atoms with Crippen molar-refractivity contribution in [3.8, 4) is 0 Å². The third-order valence-corrected chi connectivity index (χ3v) is 7.40. The van der Waals surface area contributed by atoms with Crippen LogP contribution in [0.15, 0.2) is 72.4 Å². The van der Waals surface area contributed by atoms with E-state index in [4.69, 9.17) is 0 Å². The van der Waals surface area contributed by atoms with Crippen LogP contribution in [0, 0.1) is 13.8 Å². The summed E-state index contributed by atoms with van der Waals surface area (Å²) < 4.78 is 0. The summed E-state index contributed by atoms with van der Waals surface area (Å²) in [6, 6.07) is 16.9. The molecular weight excluding hydrogens is 582 g/mol. The Hall–Kier alpha value is -4.05. The van der Waals surface area contributed by atoms with Gasteiger partial charge >= 0.3 is 0 Å². The Morgan fingerprint density at radius 1 is 0.978 bits per heavy atom. The van der Waals surface area contributed by atoms with Crippen molar-refractivity contribution in [2.45, 2.75) is 60.0 Å². The second-order valence-electron chi connectivity index (χ2n) is 11.4. The van der Waals surface area contributed by atoms with Gasteiger partial charge in [0.15, 0.2) is 5.78 Å². The second kappa shape index (κ2) is 20.1. The molecule has 0 aliphatic rings. The van der Waals surface area contributed by atoms with Crippen molar-refractivity contribution in [1.82, 2.24) is 25.5 Å². The Balaban J connectivity index is 0.000000334. The molecule has 0 aliphatic heterocycles. The van der Waals surface area contributed by atoms with Crippen LogP contribution in [0.3, 0.4) is 0 Å². The molecule has 0 saturated heterocycles. The van der Waals surface area contributed by atoms with E-state index in [-0.39, 0.29) is 11.7 Å². The van der Waals surface area contributed by atoms with Crippen molar-refractivity contribution in [3.63, 3.8) is 0 Å². The van der Waals surface area contributed by atoms with Crippen LogP contribution in [0.5, 0.6) is 0 Å². The Morgan fingerprint density at radius 2 is 1.69 bits per heavy atom. The fraction of sp³-hybridized carbons (Fsp3) is 0.361. The Kier molecular flexibility index (Phi) is 16.6. The van der Waals surface area contributed by atoms with Gasteiger partial charge < -0.3 is 15.5 Å². The number of rotatable bonds is 12. The van der Waals surface area contributed by atoms with Crippen molar-refractivity contribution in [1.29, 1.82) is 0 Å². The van der Waals surface area contributed by atoms with Gasteiger partial charge in [-0.3, -0.25) is 19.4 Å². The van der Waals surface area contributed by atoms with Crippen LogP contribution in [-0.2, 0) is 13.1 Å². The number of nitrogens with zero attached hydrogens (tertiary/aromatic N) is 3. The summed E-state index contributed by atoms with van der Waals surface area (Å²) >= 11 is 1.73. The maximum Gasteiger partial charge on any atom is 0.251 e. The summed E-state index contributed by atoms with van der Waals surface area (Å²) in [5.41, 5.74) is 5.79. The molecule has 4 aromatic rings. The summed E-state index contributed by atoms with van der Waals surface area (Å²) in [6.45, 7) is 12.7. The molecule has 2 heterocycles. The van der Waals surface area contributed by atoms with Gasteiger partial charge in [0, 0.05) is 59.8 Å². The molecule has 4 rings (SSSR count). The van der Waals surface area contributed by atoms with Crippen molar-refractivity contribution in [2.75, 3.05) is 27.2 Å². The van der Waals surface area contributed by atoms with Crippen molar-refractivity contribution < 1.29 is 14.4 Å². The summed E-state index contributed by atoms with van der Waals surface area (Å²) in [5, 5.41) is 9.44. The molecular formula is C36H47N5O3S. The number of pyridine rings is 1. The number of ketones is 1. The molecule has 8 nitrogen and oxygen atoms in total. The van der Waals surface area contributed by atoms with Crippen LogP contribution in [0.1, 0.15) is 91.6 Å². The molecule has 0 aliphatic carbocycles. The Morgan fingerprint density at radius 3 is 2.24 bits per heavy atom. The molecule has 45 heavy (non-hydrogen) atoms. The molecule has 2 aromatic carbocycles. The van der Waals surface area contributed by atoms with Crippen LogP contribution in [0.25, 0.3) is 0 Å². The first-order valence-electron chi connectivity index (χ1n) is 15.1. The fourth-order valence-corrected chi connectivity index (χ4v) is 4.89. The molecule has 9 heteroatoms. The number of hydrogen-bond donors (Lipinski definition) is 2. The van der Waals surface area contributed by atoms with Crippen LogP contribution < -0.4 is 10.6 Å². The van der Waals surface area contributed by atoms with Crippen LogP contribution in [-0.4, -0.2) is 60.0 Å². The van der Waals surface area contributed by atoms with Gasteiger partial charge in [-0.15, -0.1) is 11.3 Å². The predicted octanol–water partition coefficient (Wildman–Crippen LogP) is 6.64. The van der Waals surface area contributed by atoms with Gasteiger partial charge in [-0.1, -0.05) is 55.8 Å². The van der Waals surface area contributed by atoms with Crippen LogP contribution >= 0.6 is 11.3 Å². The average Bonchev–Trinajstić information content (AvgIpc) is 3.43. The van der Waals surface area contributed by atoms with Crippen molar-refractivity contribution in [3.05, 3.63) is 116 Å². The standard InChI is InChI=1S/C22H27N3O3.C7H12N2S.C7H8/c1-15(2)21-9-18(12-24-13-21)11-23-5-4-6-25-22(28)20-8-17(14-26)7-19(10-20)16(3)27;1-6-5-10-7(8-6)4-9(2)3;1-7-5-3-2-4-6-7/h7-10,12-15,23H,4-6,11H2,1-3H3,(H,25,28);5H,4H2,1-3H3;2-6H,1H3. The number of benzene rings is 2. The minimum Gasteiger partial charge on any atom is -0.352 e. The zero-order valence-electron chi connectivity index (χ0n) is 27.6. The average molecular weight is 630 g/mol. The third kappa shape index (κ3) is 15.0. The highest BCUT2D eigenvalue weighted by Gasteiger charge is 2.10. The third-order valence-electron chi connectivity index (χ3n) is 6.45. The number of nitrogens with one attached hydrogen (secondary N) is 2. The van der Waals surface area contributed by atoms with E-state index in [1.54, 1.807) is 11.3 Å². The molecule has 0 spiro atoms. The van der Waals surface area contributed by atoms with Gasteiger partial charge in [0.2, 0.25) is 0 Å². The number of amides is 1. The lowest BCUT2D eigenvalue weighted by molar-refractivity contribution is 0.0953. The van der Waals surface area contributed by atoms with Gasteiger partial charge in [0.1, 0.15) is 11.3 Å². The molecule has 0 unspecified atom stereocenters. The molecule has 0 bridgehead atoms. The van der Waals surface area contributed by atoms with Crippen molar-refractivity contribution >= 4 is 29.3 Å². The maximum absolute atomic E-state index is 12.3. The zero-order valence-corrected chi connectivity index (χ0v) is 28.4. The van der Waals surface area contributed by atoms with Crippen molar-refractivity contribution in [2.24, 2.45) is 0 Å². The molecule has 0 saturated carbocycles. The highest BCUT2D eigenvalue weighted by atomic mass is 32.1. The fourth-order valence-electron chi connectivity index (χ4n) is 4.00. The second-order valence-corrected chi connectivity index (χ2v) is 12.3. The number of hydrogen-bond acceptors (Lipinski definition) is 8. The zero-order chi connectivity index (χ0) is 33.2. The lowest BCUT2D eigenvalue weighted by Gasteiger charge is -2.09. The molecule has 1 amide bonds. The number of aromatic nitrogens is 2. The maximum atomic E-state index is 12.3. The first-order valence-corrected chi connectivity index (χ1v) is 16.0. The first-order chi connectivity index (χ1) is 21.5. The summed E-state index contributed by atoms with van der Waals surface area (Å²) in [4.78, 5) is 45.5.